The summed E-state index contributed by atoms with van der Waals surface area (Å²) in [5.74, 6) is 0.250. The maximum absolute atomic E-state index is 13.2. The van der Waals surface area contributed by atoms with Gasteiger partial charge in [0.1, 0.15) is 5.75 Å². The average Bonchev–Trinajstić information content (AvgIpc) is 2.79. The van der Waals surface area contributed by atoms with Crippen molar-refractivity contribution in [3.05, 3.63) is 88.4 Å². The quantitative estimate of drug-likeness (QED) is 0.522. The Kier molecular flexibility index (Phi) is 6.63. The molecular formula is C25H25ClN2O4S. The number of piperidine rings is 1. The molecule has 1 heterocycles. The number of phenols is 1. The Bertz CT molecular complexity index is 1270. The van der Waals surface area contributed by atoms with Crippen LogP contribution in [0.25, 0.3) is 0 Å². The molecule has 0 aromatic heterocycles. The lowest BCUT2D eigenvalue weighted by molar-refractivity contribution is 0.0713. The van der Waals surface area contributed by atoms with Crippen LogP contribution in [-0.2, 0) is 10.0 Å². The number of likely N-dealkylation sites (tertiary alicyclic amines) is 1. The molecule has 0 saturated carbocycles. The van der Waals surface area contributed by atoms with Crippen molar-refractivity contribution in [2.24, 2.45) is 0 Å². The summed E-state index contributed by atoms with van der Waals surface area (Å²) in [6, 6.07) is 18.4. The molecule has 2 N–H and O–H groups in total. The molecule has 0 spiro atoms. The van der Waals surface area contributed by atoms with E-state index in [-0.39, 0.29) is 27.1 Å². The number of aryl methyl sites for hydroxylation is 1. The van der Waals surface area contributed by atoms with Gasteiger partial charge in [0.2, 0.25) is 0 Å². The molecule has 0 aliphatic carbocycles. The highest BCUT2D eigenvalue weighted by Gasteiger charge is 2.27. The van der Waals surface area contributed by atoms with Gasteiger partial charge in [-0.3, -0.25) is 9.52 Å². The molecule has 1 aliphatic heterocycles. The van der Waals surface area contributed by atoms with E-state index in [0.717, 1.165) is 24.0 Å². The third-order valence-electron chi connectivity index (χ3n) is 5.90. The number of sulfonamides is 1. The topological polar surface area (TPSA) is 86.7 Å². The number of rotatable bonds is 5. The molecule has 3 aromatic rings. The van der Waals surface area contributed by atoms with Gasteiger partial charge in [0.05, 0.1) is 15.5 Å². The maximum Gasteiger partial charge on any atom is 0.261 e. The summed E-state index contributed by atoms with van der Waals surface area (Å²) in [6.07, 6.45) is 1.56. The van der Waals surface area contributed by atoms with Gasteiger partial charge in [-0.2, -0.15) is 0 Å². The van der Waals surface area contributed by atoms with Crippen LogP contribution in [0.2, 0.25) is 5.02 Å². The molecule has 33 heavy (non-hydrogen) atoms. The van der Waals surface area contributed by atoms with E-state index in [1.165, 1.54) is 18.2 Å². The Morgan fingerprint density at radius 2 is 1.73 bits per heavy atom. The van der Waals surface area contributed by atoms with Gasteiger partial charge in [0, 0.05) is 18.8 Å². The summed E-state index contributed by atoms with van der Waals surface area (Å²) in [4.78, 5) is 14.9. The van der Waals surface area contributed by atoms with E-state index >= 15 is 0 Å². The van der Waals surface area contributed by atoms with Gasteiger partial charge >= 0.3 is 0 Å². The van der Waals surface area contributed by atoms with E-state index in [1.807, 2.05) is 25.1 Å². The van der Waals surface area contributed by atoms with Crippen LogP contribution in [0.5, 0.6) is 5.75 Å². The van der Waals surface area contributed by atoms with Crippen LogP contribution in [0.4, 0.5) is 5.69 Å². The Balaban J connectivity index is 1.49. The molecule has 1 amide bonds. The largest absolute Gasteiger partial charge is 0.508 e. The summed E-state index contributed by atoms with van der Waals surface area (Å²) in [7, 11) is -3.88. The standard InChI is InChI=1S/C25H25ClN2O4S/c1-17-3-2-4-20(15-17)27-33(31,32)22-9-10-24(26)23(16-22)25(30)28-13-11-19(12-14-28)18-5-7-21(29)8-6-18/h2-10,15-16,19,27,29H,11-14H2,1H3. The van der Waals surface area contributed by atoms with Gasteiger partial charge in [-0.15, -0.1) is 0 Å². The number of nitrogens with one attached hydrogen (secondary N) is 1. The molecule has 0 atom stereocenters. The zero-order valence-electron chi connectivity index (χ0n) is 18.2. The number of carbonyl (C=O) groups excluding carboxylic acids is 1. The van der Waals surface area contributed by atoms with Gasteiger partial charge in [-0.1, -0.05) is 35.9 Å². The molecule has 0 unspecified atom stereocenters. The van der Waals surface area contributed by atoms with Crippen molar-refractivity contribution in [1.82, 2.24) is 4.90 Å². The first kappa shape index (κ1) is 23.1. The number of anilines is 1. The van der Waals surface area contributed by atoms with Gasteiger partial charge in [0.15, 0.2) is 0 Å². The second-order valence-electron chi connectivity index (χ2n) is 8.27. The third kappa shape index (κ3) is 5.31. The van der Waals surface area contributed by atoms with Gasteiger partial charge in [-0.05, 0) is 79.3 Å². The molecule has 0 bridgehead atoms. The number of nitrogens with zero attached hydrogens (tertiary/aromatic N) is 1. The molecule has 1 aliphatic rings. The maximum atomic E-state index is 13.2. The Morgan fingerprint density at radius 3 is 2.39 bits per heavy atom. The SMILES string of the molecule is Cc1cccc(NS(=O)(=O)c2ccc(Cl)c(C(=O)N3CCC(c4ccc(O)cc4)CC3)c2)c1. The number of halogens is 1. The Morgan fingerprint density at radius 1 is 1.03 bits per heavy atom. The minimum atomic E-state index is -3.88. The molecule has 1 fully saturated rings. The fourth-order valence-electron chi connectivity index (χ4n) is 4.09. The molecule has 0 radical (unpaired) electrons. The summed E-state index contributed by atoms with van der Waals surface area (Å²) in [5.41, 5.74) is 2.69. The number of hydrogen-bond donors (Lipinski definition) is 2. The molecule has 6 nitrogen and oxygen atoms in total. The molecule has 8 heteroatoms. The monoisotopic (exact) mass is 484 g/mol. The van der Waals surface area contributed by atoms with Crippen molar-refractivity contribution in [1.29, 1.82) is 0 Å². The second-order valence-corrected chi connectivity index (χ2v) is 10.4. The van der Waals surface area contributed by atoms with Gasteiger partial charge < -0.3 is 10.0 Å². The lowest BCUT2D eigenvalue weighted by Gasteiger charge is -2.32. The molecule has 172 valence electrons. The predicted molar refractivity (Wildman–Crippen MR) is 129 cm³/mol. The van der Waals surface area contributed by atoms with E-state index in [4.69, 9.17) is 11.6 Å². The second kappa shape index (κ2) is 9.45. The van der Waals surface area contributed by atoms with E-state index in [9.17, 15) is 18.3 Å². The first-order valence-electron chi connectivity index (χ1n) is 10.7. The predicted octanol–water partition coefficient (Wildman–Crippen LogP) is 5.17. The summed E-state index contributed by atoms with van der Waals surface area (Å²) < 4.78 is 28.4. The van der Waals surface area contributed by atoms with Crippen molar-refractivity contribution in [2.75, 3.05) is 17.8 Å². The number of benzene rings is 3. The molecule has 3 aromatic carbocycles. The fourth-order valence-corrected chi connectivity index (χ4v) is 5.36. The number of hydrogen-bond acceptors (Lipinski definition) is 4. The molecule has 1 saturated heterocycles. The van der Waals surface area contributed by atoms with Crippen LogP contribution < -0.4 is 4.72 Å². The first-order valence-corrected chi connectivity index (χ1v) is 12.6. The summed E-state index contributed by atoms with van der Waals surface area (Å²) >= 11 is 6.29. The van der Waals surface area contributed by atoms with Gasteiger partial charge in [-0.25, -0.2) is 8.42 Å². The van der Waals surface area contributed by atoms with E-state index < -0.39 is 10.0 Å². The molecular weight excluding hydrogens is 460 g/mol. The number of aromatic hydroxyl groups is 1. The van der Waals surface area contributed by atoms with Crippen LogP contribution in [0, 0.1) is 6.92 Å². The van der Waals surface area contributed by atoms with E-state index in [0.29, 0.717) is 24.7 Å². The highest BCUT2D eigenvalue weighted by atomic mass is 35.5. The lowest BCUT2D eigenvalue weighted by atomic mass is 9.89. The summed E-state index contributed by atoms with van der Waals surface area (Å²) in [5, 5.41) is 9.70. The lowest BCUT2D eigenvalue weighted by Crippen LogP contribution is -2.38. The van der Waals surface area contributed by atoms with Crippen molar-refractivity contribution in [2.45, 2.75) is 30.6 Å². The molecule has 4 rings (SSSR count). The normalized spacial score (nSPS) is 14.8. The van der Waals surface area contributed by atoms with Crippen LogP contribution in [0.3, 0.4) is 0 Å². The van der Waals surface area contributed by atoms with Gasteiger partial charge in [0.25, 0.3) is 15.9 Å². The Hall–Kier alpha value is -3.03. The first-order chi connectivity index (χ1) is 15.7. The number of phenolic OH excluding ortho intramolecular Hbond substituents is 1. The van der Waals surface area contributed by atoms with Crippen molar-refractivity contribution < 1.29 is 18.3 Å². The average molecular weight is 485 g/mol. The zero-order chi connectivity index (χ0) is 23.6. The van der Waals surface area contributed by atoms with Crippen LogP contribution in [0.15, 0.2) is 71.6 Å². The van der Waals surface area contributed by atoms with E-state index in [2.05, 4.69) is 4.72 Å². The van der Waals surface area contributed by atoms with Crippen LogP contribution >= 0.6 is 11.6 Å². The highest BCUT2D eigenvalue weighted by Crippen LogP contribution is 2.31. The van der Waals surface area contributed by atoms with Crippen molar-refractivity contribution >= 4 is 33.2 Å². The van der Waals surface area contributed by atoms with Crippen LogP contribution in [-0.4, -0.2) is 37.4 Å². The van der Waals surface area contributed by atoms with Crippen LogP contribution in [0.1, 0.15) is 40.2 Å². The third-order valence-corrected chi connectivity index (χ3v) is 7.60. The number of carbonyl (C=O) groups is 1. The Labute approximate surface area is 198 Å². The minimum Gasteiger partial charge on any atom is -0.508 e. The van der Waals surface area contributed by atoms with Crippen molar-refractivity contribution in [3.8, 4) is 5.75 Å². The fraction of sp³-hybridized carbons (Fsp3) is 0.240. The highest BCUT2D eigenvalue weighted by molar-refractivity contribution is 7.92. The minimum absolute atomic E-state index is 0.0178. The number of amides is 1. The smallest absolute Gasteiger partial charge is 0.261 e. The summed E-state index contributed by atoms with van der Waals surface area (Å²) in [6.45, 7) is 2.96. The zero-order valence-corrected chi connectivity index (χ0v) is 19.7. The van der Waals surface area contributed by atoms with E-state index in [1.54, 1.807) is 35.2 Å². The van der Waals surface area contributed by atoms with Crippen molar-refractivity contribution in [3.63, 3.8) is 0 Å².